The molecule has 1 aromatic carbocycles. The van der Waals surface area contributed by atoms with Gasteiger partial charge < -0.3 is 0 Å². The molecular formula is C35H50O5S2. The summed E-state index contributed by atoms with van der Waals surface area (Å²) in [5.41, 5.74) is 4.33. The Morgan fingerprint density at radius 1 is 1.00 bits per heavy atom. The van der Waals surface area contributed by atoms with Crippen molar-refractivity contribution in [2.45, 2.75) is 109 Å². The number of sulfone groups is 1. The Morgan fingerprint density at radius 2 is 1.71 bits per heavy atom. The zero-order valence-electron chi connectivity index (χ0n) is 26.3. The predicted octanol–water partition coefficient (Wildman–Crippen LogP) is 7.97. The second-order valence-electron chi connectivity index (χ2n) is 14.3. The summed E-state index contributed by atoms with van der Waals surface area (Å²) < 4.78 is 58.8. The van der Waals surface area contributed by atoms with Crippen LogP contribution in [0.25, 0.3) is 0 Å². The van der Waals surface area contributed by atoms with Gasteiger partial charge >= 0.3 is 0 Å². The first-order valence-electron chi connectivity index (χ1n) is 16.0. The third-order valence-electron chi connectivity index (χ3n) is 11.2. The van der Waals surface area contributed by atoms with Crippen molar-refractivity contribution in [1.29, 1.82) is 0 Å². The molecule has 4 aliphatic rings. The topological polar surface area (TPSA) is 77.5 Å². The smallest absolute Gasteiger partial charge is 0.263 e. The first-order chi connectivity index (χ1) is 19.7. The molecule has 0 unspecified atom stereocenters. The van der Waals surface area contributed by atoms with Gasteiger partial charge in [0.05, 0.1) is 16.8 Å². The van der Waals surface area contributed by atoms with Crippen LogP contribution in [0.2, 0.25) is 0 Å². The van der Waals surface area contributed by atoms with E-state index in [1.54, 1.807) is 24.3 Å². The van der Waals surface area contributed by atoms with Gasteiger partial charge in [0.1, 0.15) is 5.25 Å². The summed E-state index contributed by atoms with van der Waals surface area (Å²) in [6.07, 6.45) is 13.4. The Morgan fingerprint density at radius 3 is 2.40 bits per heavy atom. The lowest BCUT2D eigenvalue weighted by atomic mass is 9.61. The quantitative estimate of drug-likeness (QED) is 0.219. The molecule has 42 heavy (non-hydrogen) atoms. The zero-order valence-corrected chi connectivity index (χ0v) is 27.9. The van der Waals surface area contributed by atoms with Crippen LogP contribution in [0.1, 0.15) is 91.5 Å². The summed E-state index contributed by atoms with van der Waals surface area (Å²) in [4.78, 5) is 0.144. The molecule has 0 radical (unpaired) electrons. The van der Waals surface area contributed by atoms with Crippen LogP contribution in [-0.4, -0.2) is 33.9 Å². The van der Waals surface area contributed by atoms with Crippen molar-refractivity contribution in [1.82, 2.24) is 0 Å². The van der Waals surface area contributed by atoms with E-state index in [2.05, 4.69) is 52.8 Å². The monoisotopic (exact) mass is 614 g/mol. The van der Waals surface area contributed by atoms with Gasteiger partial charge in [-0.3, -0.25) is 4.18 Å². The van der Waals surface area contributed by atoms with Gasteiger partial charge in [-0.15, -0.1) is 0 Å². The number of hydrogen-bond acceptors (Lipinski definition) is 5. The number of benzene rings is 1. The van der Waals surface area contributed by atoms with Crippen molar-refractivity contribution in [2.24, 2.45) is 35.0 Å². The van der Waals surface area contributed by atoms with Crippen molar-refractivity contribution < 1.29 is 21.0 Å². The minimum atomic E-state index is -3.92. The molecule has 7 atom stereocenters. The van der Waals surface area contributed by atoms with E-state index >= 15 is 0 Å². The predicted molar refractivity (Wildman–Crippen MR) is 170 cm³/mol. The summed E-state index contributed by atoms with van der Waals surface area (Å²) in [6, 6.07) is 6.67. The molecule has 7 heteroatoms. The van der Waals surface area contributed by atoms with E-state index in [9.17, 15) is 16.8 Å². The minimum Gasteiger partial charge on any atom is -0.263 e. The number of rotatable bonds is 8. The highest BCUT2D eigenvalue weighted by Crippen LogP contribution is 2.60. The average Bonchev–Trinajstić information content (AvgIpc) is 3.40. The Labute approximate surface area is 254 Å². The minimum absolute atomic E-state index is 0.0919. The highest BCUT2D eigenvalue weighted by molar-refractivity contribution is 7.92. The van der Waals surface area contributed by atoms with Gasteiger partial charge in [-0.2, -0.15) is 8.42 Å². The molecule has 1 aliphatic heterocycles. The molecule has 0 bridgehead atoms. The summed E-state index contributed by atoms with van der Waals surface area (Å²) >= 11 is 0. The van der Waals surface area contributed by atoms with Gasteiger partial charge in [-0.25, -0.2) is 8.42 Å². The molecule has 2 saturated carbocycles. The molecule has 5 nitrogen and oxygen atoms in total. The van der Waals surface area contributed by atoms with E-state index in [4.69, 9.17) is 4.18 Å². The fraction of sp³-hybridized carbons (Fsp3) is 0.657. The van der Waals surface area contributed by atoms with Crippen LogP contribution in [0.15, 0.2) is 64.1 Å². The standard InChI is InChI=1S/C35H50O5S2/c1-23(2)25(4)11-12-26(5)32-17-18-33-27(8-7-19-35(32,33)6)20-34-31-21-29(14-13-28(31)22-41(34,36)37)40-42(38,39)30-15-9-24(3)10-16-30/h9-12,15-16,20,23,25-26,29,32-34H,7-8,13-14,17-19,21-22H2,1-6H3/b12-11+,27-20+/t25-,26+,29-,32+,33-,34-,35+/m0/s1. The Bertz CT molecular complexity index is 1470. The Hall–Kier alpha value is -1.70. The molecule has 0 spiro atoms. The van der Waals surface area contributed by atoms with Gasteiger partial charge in [-0.1, -0.05) is 81.7 Å². The molecule has 3 aliphatic carbocycles. The molecule has 5 rings (SSSR count). The molecule has 0 N–H and O–H groups in total. The summed E-state index contributed by atoms with van der Waals surface area (Å²) in [6.45, 7) is 13.6. The van der Waals surface area contributed by atoms with E-state index < -0.39 is 31.3 Å². The van der Waals surface area contributed by atoms with Crippen LogP contribution in [0, 0.1) is 41.9 Å². The van der Waals surface area contributed by atoms with E-state index in [0.717, 1.165) is 36.0 Å². The zero-order chi connectivity index (χ0) is 30.4. The van der Waals surface area contributed by atoms with Crippen LogP contribution in [0.5, 0.6) is 0 Å². The lowest BCUT2D eigenvalue weighted by molar-refractivity contribution is 0.111. The first-order valence-corrected chi connectivity index (χ1v) is 19.1. The largest absolute Gasteiger partial charge is 0.297 e. The van der Waals surface area contributed by atoms with E-state index in [0.29, 0.717) is 48.9 Å². The molecular weight excluding hydrogens is 565 g/mol. The molecule has 2 fully saturated rings. The van der Waals surface area contributed by atoms with Gasteiger partial charge in [0.25, 0.3) is 10.1 Å². The summed E-state index contributed by atoms with van der Waals surface area (Å²) in [7, 11) is -7.29. The van der Waals surface area contributed by atoms with Crippen LogP contribution >= 0.6 is 0 Å². The lowest BCUT2D eigenvalue weighted by Gasteiger charge is -2.44. The fourth-order valence-corrected chi connectivity index (χ4v) is 11.5. The molecule has 0 aromatic heterocycles. The third-order valence-corrected chi connectivity index (χ3v) is 14.5. The van der Waals surface area contributed by atoms with Gasteiger partial charge in [0, 0.05) is 0 Å². The SMILES string of the molecule is Cc1ccc(S(=O)(=O)O[C@H]2CCC3=C(C2)[C@H](/C=C2\CCC[C@]4(C)[C@@H]([C@H](C)/C=C/[C@H](C)C(C)C)CC[C@@H]24)S(=O)(=O)C3)cc1. The van der Waals surface area contributed by atoms with E-state index in [-0.39, 0.29) is 16.1 Å². The van der Waals surface area contributed by atoms with Crippen LogP contribution in [0.4, 0.5) is 0 Å². The van der Waals surface area contributed by atoms with Crippen molar-refractivity contribution >= 4 is 20.0 Å². The van der Waals surface area contributed by atoms with Crippen molar-refractivity contribution in [3.8, 4) is 0 Å². The van der Waals surface area contributed by atoms with Gasteiger partial charge in [0.2, 0.25) is 0 Å². The second kappa shape index (κ2) is 12.0. The maximum Gasteiger partial charge on any atom is 0.297 e. The molecule has 1 aromatic rings. The molecule has 232 valence electrons. The molecule has 1 heterocycles. The summed E-state index contributed by atoms with van der Waals surface area (Å²) in [5, 5.41) is -0.651. The maximum absolute atomic E-state index is 13.5. The molecule has 0 saturated heterocycles. The number of aryl methyl sites for hydroxylation is 1. The van der Waals surface area contributed by atoms with E-state index in [1.165, 1.54) is 18.4 Å². The Kier molecular flexibility index (Phi) is 9.06. The third kappa shape index (κ3) is 6.25. The number of allylic oxidation sites excluding steroid dienone is 3. The van der Waals surface area contributed by atoms with Crippen molar-refractivity contribution in [2.75, 3.05) is 5.75 Å². The number of hydrogen-bond donors (Lipinski definition) is 0. The fourth-order valence-electron chi connectivity index (χ4n) is 8.29. The van der Waals surface area contributed by atoms with Gasteiger partial charge in [-0.05, 0) is 111 Å². The van der Waals surface area contributed by atoms with Crippen LogP contribution < -0.4 is 0 Å². The average molecular weight is 615 g/mol. The van der Waals surface area contributed by atoms with Gasteiger partial charge in [0.15, 0.2) is 9.84 Å². The van der Waals surface area contributed by atoms with Crippen LogP contribution in [-0.2, 0) is 24.1 Å². The summed E-state index contributed by atoms with van der Waals surface area (Å²) in [5.74, 6) is 2.78. The first kappa shape index (κ1) is 31.7. The number of fused-ring (bicyclic) bond motifs is 1. The van der Waals surface area contributed by atoms with Crippen molar-refractivity contribution in [3.05, 3.63) is 64.8 Å². The van der Waals surface area contributed by atoms with E-state index in [1.807, 2.05) is 6.92 Å². The normalized spacial score (nSPS) is 33.7. The maximum atomic E-state index is 13.5. The highest BCUT2D eigenvalue weighted by atomic mass is 32.2. The second-order valence-corrected chi connectivity index (χ2v) is 18.0. The molecule has 0 amide bonds. The Balaban J connectivity index is 1.35. The lowest BCUT2D eigenvalue weighted by Crippen LogP contribution is -2.36. The van der Waals surface area contributed by atoms with Crippen LogP contribution in [0.3, 0.4) is 0 Å². The van der Waals surface area contributed by atoms with Crippen molar-refractivity contribution in [3.63, 3.8) is 0 Å². The highest BCUT2D eigenvalue weighted by Gasteiger charge is 2.51.